The maximum absolute atomic E-state index is 5.94. The van der Waals surface area contributed by atoms with E-state index < -0.39 is 0 Å². The molecule has 0 unspecified atom stereocenters. The second-order valence-electron chi connectivity index (χ2n) is 5.49. The smallest absolute Gasteiger partial charge is 0.134 e. The topological polar surface area (TPSA) is 69.2 Å². The third kappa shape index (κ3) is 3.52. The molecule has 0 amide bonds. The molecule has 0 spiro atoms. The predicted octanol–water partition coefficient (Wildman–Crippen LogP) is 1.32. The first-order chi connectivity index (χ1) is 10.2. The first-order valence-electron chi connectivity index (χ1n) is 7.29. The molecule has 1 aromatic heterocycles. The van der Waals surface area contributed by atoms with Crippen molar-refractivity contribution in [2.24, 2.45) is 12.8 Å². The number of piperidine rings is 1. The van der Waals surface area contributed by atoms with Gasteiger partial charge in [-0.2, -0.15) is 0 Å². The Morgan fingerprint density at radius 1 is 1.24 bits per heavy atom. The minimum absolute atomic E-state index is 0.357. The number of benzene rings is 1. The molecule has 1 aliphatic rings. The van der Waals surface area contributed by atoms with Crippen LogP contribution in [0.5, 0.6) is 5.75 Å². The molecule has 0 aliphatic carbocycles. The van der Waals surface area contributed by atoms with Crippen molar-refractivity contribution in [3.63, 3.8) is 0 Å². The molecule has 3 rings (SSSR count). The van der Waals surface area contributed by atoms with Crippen molar-refractivity contribution in [2.45, 2.75) is 25.5 Å². The summed E-state index contributed by atoms with van der Waals surface area (Å²) in [6, 6.07) is 8.56. The summed E-state index contributed by atoms with van der Waals surface area (Å²) in [7, 11) is 1.84. The van der Waals surface area contributed by atoms with E-state index >= 15 is 0 Å². The number of aryl methyl sites for hydroxylation is 1. The van der Waals surface area contributed by atoms with Gasteiger partial charge in [0.15, 0.2) is 0 Å². The van der Waals surface area contributed by atoms with Crippen LogP contribution in [-0.2, 0) is 13.7 Å². The van der Waals surface area contributed by atoms with Crippen molar-refractivity contribution < 1.29 is 4.74 Å². The molecule has 112 valence electrons. The van der Waals surface area contributed by atoms with Crippen LogP contribution in [-0.4, -0.2) is 34.1 Å². The Bertz CT molecular complexity index is 572. The van der Waals surface area contributed by atoms with Crippen molar-refractivity contribution in [1.29, 1.82) is 0 Å². The summed E-state index contributed by atoms with van der Waals surface area (Å²) >= 11 is 0. The van der Waals surface area contributed by atoms with E-state index in [4.69, 9.17) is 10.5 Å². The van der Waals surface area contributed by atoms with E-state index in [1.165, 1.54) is 5.69 Å². The Morgan fingerprint density at radius 2 is 1.95 bits per heavy atom. The van der Waals surface area contributed by atoms with Crippen LogP contribution in [0.4, 0.5) is 5.69 Å². The van der Waals surface area contributed by atoms with Gasteiger partial charge in [0.05, 0.1) is 6.20 Å². The Kier molecular flexibility index (Phi) is 4.06. The second-order valence-corrected chi connectivity index (χ2v) is 5.49. The molecule has 2 N–H and O–H groups in total. The zero-order valence-electron chi connectivity index (χ0n) is 12.3. The van der Waals surface area contributed by atoms with Crippen LogP contribution in [0.2, 0.25) is 0 Å². The van der Waals surface area contributed by atoms with E-state index in [0.29, 0.717) is 12.6 Å². The molecular weight excluding hydrogens is 266 g/mol. The molecule has 0 bridgehead atoms. The molecule has 2 heterocycles. The van der Waals surface area contributed by atoms with Crippen LogP contribution >= 0.6 is 0 Å². The lowest BCUT2D eigenvalue weighted by atomic mass is 10.1. The lowest BCUT2D eigenvalue weighted by Gasteiger charge is -2.32. The van der Waals surface area contributed by atoms with Crippen molar-refractivity contribution in [3.05, 3.63) is 36.2 Å². The highest BCUT2D eigenvalue weighted by Gasteiger charge is 2.16. The third-order valence-electron chi connectivity index (χ3n) is 3.78. The summed E-state index contributed by atoms with van der Waals surface area (Å²) < 4.78 is 7.38. The average molecular weight is 287 g/mol. The van der Waals surface area contributed by atoms with Gasteiger partial charge in [0.2, 0.25) is 0 Å². The quantitative estimate of drug-likeness (QED) is 0.918. The zero-order chi connectivity index (χ0) is 14.7. The van der Waals surface area contributed by atoms with Crippen LogP contribution in [0.15, 0.2) is 30.5 Å². The summed E-state index contributed by atoms with van der Waals surface area (Å²) in [6.45, 7) is 2.49. The summed E-state index contributed by atoms with van der Waals surface area (Å²) in [5.41, 5.74) is 7.99. The monoisotopic (exact) mass is 287 g/mol. The largest absolute Gasteiger partial charge is 0.487 e. The fraction of sp³-hybridized carbons (Fsp3) is 0.467. The van der Waals surface area contributed by atoms with Gasteiger partial charge in [-0.25, -0.2) is 0 Å². The molecule has 1 aliphatic heterocycles. The number of aromatic nitrogens is 3. The maximum Gasteiger partial charge on any atom is 0.134 e. The SMILES string of the molecule is Cn1cc(COc2ccc(N3CCC(N)CC3)cc2)nn1. The molecular formula is C15H21N5O. The molecule has 0 radical (unpaired) electrons. The fourth-order valence-electron chi connectivity index (χ4n) is 2.53. The van der Waals surface area contributed by atoms with E-state index in [1.807, 2.05) is 25.4 Å². The van der Waals surface area contributed by atoms with Gasteiger partial charge in [-0.15, -0.1) is 5.10 Å². The van der Waals surface area contributed by atoms with E-state index in [-0.39, 0.29) is 0 Å². The standard InChI is InChI=1S/C15H21N5O/c1-19-10-13(17-18-19)11-21-15-4-2-14(3-5-15)20-8-6-12(16)7-9-20/h2-5,10,12H,6-9,11,16H2,1H3. The Labute approximate surface area is 124 Å². The van der Waals surface area contributed by atoms with Gasteiger partial charge in [-0.3, -0.25) is 4.68 Å². The maximum atomic E-state index is 5.94. The minimum Gasteiger partial charge on any atom is -0.487 e. The molecule has 6 heteroatoms. The van der Waals surface area contributed by atoms with Gasteiger partial charge in [0.1, 0.15) is 18.1 Å². The van der Waals surface area contributed by atoms with Crippen LogP contribution in [0.1, 0.15) is 18.5 Å². The number of hydrogen-bond donors (Lipinski definition) is 1. The zero-order valence-corrected chi connectivity index (χ0v) is 12.3. The number of rotatable bonds is 4. The number of anilines is 1. The van der Waals surface area contributed by atoms with Crippen LogP contribution < -0.4 is 15.4 Å². The molecule has 1 saturated heterocycles. The van der Waals surface area contributed by atoms with Gasteiger partial charge in [-0.1, -0.05) is 5.21 Å². The minimum atomic E-state index is 0.357. The average Bonchev–Trinajstić information content (AvgIpc) is 2.92. The van der Waals surface area contributed by atoms with Crippen LogP contribution in [0, 0.1) is 0 Å². The first-order valence-corrected chi connectivity index (χ1v) is 7.29. The lowest BCUT2D eigenvalue weighted by Crippen LogP contribution is -2.39. The number of nitrogens with two attached hydrogens (primary N) is 1. The van der Waals surface area contributed by atoms with E-state index in [9.17, 15) is 0 Å². The molecule has 21 heavy (non-hydrogen) atoms. The van der Waals surface area contributed by atoms with Crippen LogP contribution in [0.3, 0.4) is 0 Å². The normalized spacial score (nSPS) is 16.2. The first kappa shape index (κ1) is 13.9. The Hall–Kier alpha value is -2.08. The molecule has 1 aromatic carbocycles. The van der Waals surface area contributed by atoms with Gasteiger partial charge in [0.25, 0.3) is 0 Å². The van der Waals surface area contributed by atoms with Crippen molar-refractivity contribution in [2.75, 3.05) is 18.0 Å². The molecule has 0 atom stereocenters. The molecule has 1 fully saturated rings. The van der Waals surface area contributed by atoms with Gasteiger partial charge < -0.3 is 15.4 Å². The Balaban J connectivity index is 1.56. The summed E-state index contributed by atoms with van der Waals surface area (Å²) in [4.78, 5) is 2.37. The van der Waals surface area contributed by atoms with Crippen molar-refractivity contribution >= 4 is 5.69 Å². The van der Waals surface area contributed by atoms with Gasteiger partial charge in [-0.05, 0) is 37.1 Å². The highest BCUT2D eigenvalue weighted by molar-refractivity contribution is 5.49. The Morgan fingerprint density at radius 3 is 2.57 bits per heavy atom. The molecule has 6 nitrogen and oxygen atoms in total. The number of nitrogens with zero attached hydrogens (tertiary/aromatic N) is 4. The van der Waals surface area contributed by atoms with Crippen molar-refractivity contribution in [3.8, 4) is 5.75 Å². The lowest BCUT2D eigenvalue weighted by molar-refractivity contribution is 0.301. The summed E-state index contributed by atoms with van der Waals surface area (Å²) in [5, 5.41) is 7.88. The highest BCUT2D eigenvalue weighted by Crippen LogP contribution is 2.22. The second kappa shape index (κ2) is 6.13. The van der Waals surface area contributed by atoms with Crippen molar-refractivity contribution in [1.82, 2.24) is 15.0 Å². The van der Waals surface area contributed by atoms with Gasteiger partial charge in [0, 0.05) is 31.9 Å². The van der Waals surface area contributed by atoms with E-state index in [1.54, 1.807) is 4.68 Å². The summed E-state index contributed by atoms with van der Waals surface area (Å²) in [5.74, 6) is 0.845. The molecule has 0 saturated carbocycles. The van der Waals surface area contributed by atoms with Gasteiger partial charge >= 0.3 is 0 Å². The summed E-state index contributed by atoms with van der Waals surface area (Å²) in [6.07, 6.45) is 3.97. The molecule has 2 aromatic rings. The van der Waals surface area contributed by atoms with Crippen LogP contribution in [0.25, 0.3) is 0 Å². The van der Waals surface area contributed by atoms with E-state index in [2.05, 4.69) is 27.3 Å². The number of hydrogen-bond acceptors (Lipinski definition) is 5. The fourth-order valence-corrected chi connectivity index (χ4v) is 2.53. The van der Waals surface area contributed by atoms with E-state index in [0.717, 1.165) is 37.4 Å². The number of ether oxygens (including phenoxy) is 1. The third-order valence-corrected chi connectivity index (χ3v) is 3.78. The highest BCUT2D eigenvalue weighted by atomic mass is 16.5. The predicted molar refractivity (Wildman–Crippen MR) is 81.2 cm³/mol.